The molecule has 0 bridgehead atoms. The summed E-state index contributed by atoms with van der Waals surface area (Å²) in [7, 11) is 0. The molecule has 1 fully saturated rings. The quantitative estimate of drug-likeness (QED) is 0.293. The van der Waals surface area contributed by atoms with Gasteiger partial charge >= 0.3 is 0 Å². The second kappa shape index (κ2) is 6.03. The zero-order valence-corrected chi connectivity index (χ0v) is 12.1. The molecule has 2 aliphatic rings. The summed E-state index contributed by atoms with van der Waals surface area (Å²) in [4.78, 5) is 8.25. The molecule has 3 rings (SSSR count). The number of aliphatic hydroxyl groups excluding tert-OH is 4. The Kier molecular flexibility index (Phi) is 4.23. The van der Waals surface area contributed by atoms with Gasteiger partial charge in [-0.2, -0.15) is 4.99 Å². The molecule has 1 saturated heterocycles. The van der Waals surface area contributed by atoms with Crippen LogP contribution >= 0.6 is 0 Å². The molecule has 2 aliphatic heterocycles. The summed E-state index contributed by atoms with van der Waals surface area (Å²) in [6.45, 7) is -0.523. The topological polar surface area (TPSA) is 184 Å². The van der Waals surface area contributed by atoms with Crippen LogP contribution in [0.25, 0.3) is 0 Å². The first-order chi connectivity index (χ1) is 10.9. The van der Waals surface area contributed by atoms with Crippen LogP contribution < -0.4 is 16.8 Å². The van der Waals surface area contributed by atoms with Crippen molar-refractivity contribution in [3.8, 4) is 0 Å². The second-order valence-corrected chi connectivity index (χ2v) is 5.59. The minimum atomic E-state index is -1.32. The van der Waals surface area contributed by atoms with E-state index in [-0.39, 0.29) is 12.4 Å². The van der Waals surface area contributed by atoms with Gasteiger partial charge in [-0.15, -0.1) is 0 Å². The summed E-state index contributed by atoms with van der Waals surface area (Å²) in [6.07, 6.45) is -5.22. The molecule has 23 heavy (non-hydrogen) atoms. The van der Waals surface area contributed by atoms with Crippen molar-refractivity contribution in [1.82, 2.24) is 14.9 Å². The Bertz CT molecular complexity index is 607. The van der Waals surface area contributed by atoms with E-state index in [9.17, 15) is 20.4 Å². The van der Waals surface area contributed by atoms with Crippen molar-refractivity contribution in [3.05, 3.63) is 12.0 Å². The van der Waals surface area contributed by atoms with E-state index in [2.05, 4.69) is 15.3 Å². The molecule has 0 amide bonds. The van der Waals surface area contributed by atoms with Crippen LogP contribution in [0, 0.1) is 0 Å². The molecule has 6 atom stereocenters. The van der Waals surface area contributed by atoms with Crippen LogP contribution in [0.4, 0.5) is 5.82 Å². The maximum Gasteiger partial charge on any atom is 0.196 e. The monoisotopic (exact) mass is 328 g/mol. The predicted octanol–water partition coefficient (Wildman–Crippen LogP) is -3.25. The van der Waals surface area contributed by atoms with Crippen molar-refractivity contribution in [3.63, 3.8) is 0 Å². The molecule has 0 spiro atoms. The Morgan fingerprint density at radius 3 is 2.78 bits per heavy atom. The molecule has 11 nitrogen and oxygen atoms in total. The van der Waals surface area contributed by atoms with Gasteiger partial charge in [-0.05, 0) is 0 Å². The van der Waals surface area contributed by atoms with Gasteiger partial charge in [0.05, 0.1) is 19.0 Å². The molecule has 1 unspecified atom stereocenters. The normalized spacial score (nSPS) is 37.5. The minimum Gasteiger partial charge on any atom is -0.394 e. The lowest BCUT2D eigenvalue weighted by atomic mass is 10.0. The summed E-state index contributed by atoms with van der Waals surface area (Å²) in [5.74, 6) is 0.397. The molecular formula is C12H20N6O5. The van der Waals surface area contributed by atoms with Crippen LogP contribution in [0.2, 0.25) is 0 Å². The molecular weight excluding hydrogens is 308 g/mol. The van der Waals surface area contributed by atoms with Crippen LogP contribution in [0.1, 0.15) is 24.5 Å². The molecule has 0 saturated carbocycles. The standard InChI is InChI=1S/C12H20N6O5/c13-9-7-10(17-12(14)16-9)18(3-15-7)11-5(21)1-4(20)8(22)6(2-19)23-11/h3-6,8-9,11,19-22H,1-2,13H2,(H3,14,16,17)/t4-,5-,6-,8+,9?,11-/m1/s1. The summed E-state index contributed by atoms with van der Waals surface area (Å²) < 4.78 is 7.00. The van der Waals surface area contributed by atoms with E-state index >= 15 is 0 Å². The third kappa shape index (κ3) is 2.78. The summed E-state index contributed by atoms with van der Waals surface area (Å²) >= 11 is 0. The van der Waals surface area contributed by atoms with Crippen LogP contribution in [0.15, 0.2) is 11.3 Å². The van der Waals surface area contributed by atoms with E-state index in [1.807, 2.05) is 0 Å². The van der Waals surface area contributed by atoms with Crippen molar-refractivity contribution in [2.45, 2.75) is 43.2 Å². The zero-order chi connectivity index (χ0) is 16.7. The molecule has 9 N–H and O–H groups in total. The van der Waals surface area contributed by atoms with Gasteiger partial charge in [0.2, 0.25) is 0 Å². The molecule has 0 aromatic carbocycles. The fraction of sp³-hybridized carbons (Fsp3) is 0.667. The van der Waals surface area contributed by atoms with Crippen molar-refractivity contribution in [2.24, 2.45) is 16.5 Å². The average molecular weight is 328 g/mol. The number of aliphatic imine (C=N–C) groups is 1. The Balaban J connectivity index is 1.98. The maximum atomic E-state index is 10.3. The first kappa shape index (κ1) is 16.1. The largest absolute Gasteiger partial charge is 0.394 e. The van der Waals surface area contributed by atoms with Crippen molar-refractivity contribution in [1.29, 1.82) is 0 Å². The Hall–Kier alpha value is -1.76. The first-order valence-corrected chi connectivity index (χ1v) is 7.16. The Morgan fingerprint density at radius 1 is 1.35 bits per heavy atom. The number of ether oxygens (including phenoxy) is 1. The number of guanidine groups is 1. The molecule has 1 aromatic rings. The van der Waals surface area contributed by atoms with Gasteiger partial charge in [0, 0.05) is 6.42 Å². The third-order valence-corrected chi connectivity index (χ3v) is 3.97. The van der Waals surface area contributed by atoms with Crippen LogP contribution in [0.3, 0.4) is 0 Å². The number of aromatic nitrogens is 2. The number of nitrogens with two attached hydrogens (primary N) is 2. The average Bonchev–Trinajstić information content (AvgIpc) is 2.87. The lowest BCUT2D eigenvalue weighted by Gasteiger charge is -2.27. The van der Waals surface area contributed by atoms with E-state index in [1.54, 1.807) is 0 Å². The smallest absolute Gasteiger partial charge is 0.196 e. The summed E-state index contributed by atoms with van der Waals surface area (Å²) in [5.41, 5.74) is 11.9. The number of hydrogen-bond acceptors (Lipinski definition) is 10. The van der Waals surface area contributed by atoms with E-state index in [1.165, 1.54) is 10.9 Å². The summed E-state index contributed by atoms with van der Waals surface area (Å²) in [6, 6.07) is 0. The van der Waals surface area contributed by atoms with Gasteiger partial charge in [0.15, 0.2) is 18.0 Å². The zero-order valence-electron chi connectivity index (χ0n) is 12.1. The number of rotatable bonds is 2. The van der Waals surface area contributed by atoms with Crippen LogP contribution in [0.5, 0.6) is 0 Å². The molecule has 1 aromatic heterocycles. The van der Waals surface area contributed by atoms with Crippen LogP contribution in [-0.4, -0.2) is 67.0 Å². The SMILES string of the molecule is NC1=Nc2c(ncn2[C@@H]2O[C@H](CO)[C@@H](O)[C@H](O)C[C@H]2O)C(N)N1. The van der Waals surface area contributed by atoms with Gasteiger partial charge in [-0.3, -0.25) is 4.57 Å². The summed E-state index contributed by atoms with van der Waals surface area (Å²) in [5, 5.41) is 42.2. The van der Waals surface area contributed by atoms with Gasteiger partial charge in [-0.1, -0.05) is 0 Å². The Labute approximate surface area is 131 Å². The highest BCUT2D eigenvalue weighted by atomic mass is 16.5. The maximum absolute atomic E-state index is 10.3. The molecule has 0 aliphatic carbocycles. The molecule has 0 radical (unpaired) electrons. The van der Waals surface area contributed by atoms with Crippen molar-refractivity contribution >= 4 is 11.8 Å². The number of nitrogens with zero attached hydrogens (tertiary/aromatic N) is 3. The van der Waals surface area contributed by atoms with Crippen molar-refractivity contribution in [2.75, 3.05) is 6.61 Å². The van der Waals surface area contributed by atoms with Crippen molar-refractivity contribution < 1.29 is 25.2 Å². The second-order valence-electron chi connectivity index (χ2n) is 5.59. The van der Waals surface area contributed by atoms with Gasteiger partial charge < -0.3 is 41.9 Å². The number of hydrogen-bond donors (Lipinski definition) is 7. The predicted molar refractivity (Wildman–Crippen MR) is 77.2 cm³/mol. The molecule has 3 heterocycles. The fourth-order valence-corrected chi connectivity index (χ4v) is 2.77. The molecule has 11 heteroatoms. The first-order valence-electron chi connectivity index (χ1n) is 7.16. The third-order valence-electron chi connectivity index (χ3n) is 3.97. The van der Waals surface area contributed by atoms with E-state index in [0.29, 0.717) is 11.5 Å². The minimum absolute atomic E-state index is 0.0913. The number of fused-ring (bicyclic) bond motifs is 1. The number of aliphatic hydroxyl groups is 4. The number of imidazole rings is 1. The van der Waals surface area contributed by atoms with E-state index in [4.69, 9.17) is 16.2 Å². The number of nitrogens with one attached hydrogen (secondary N) is 1. The molecule has 128 valence electrons. The highest BCUT2D eigenvalue weighted by Crippen LogP contribution is 2.34. The lowest BCUT2D eigenvalue weighted by molar-refractivity contribution is -0.146. The van der Waals surface area contributed by atoms with Gasteiger partial charge in [-0.25, -0.2) is 4.98 Å². The van der Waals surface area contributed by atoms with E-state index < -0.39 is 43.4 Å². The van der Waals surface area contributed by atoms with Crippen LogP contribution in [-0.2, 0) is 4.74 Å². The van der Waals surface area contributed by atoms with Gasteiger partial charge in [0.1, 0.15) is 30.2 Å². The van der Waals surface area contributed by atoms with E-state index in [0.717, 1.165) is 0 Å². The highest BCUT2D eigenvalue weighted by molar-refractivity contribution is 5.83. The lowest BCUT2D eigenvalue weighted by Crippen LogP contribution is -2.42. The fourth-order valence-electron chi connectivity index (χ4n) is 2.77. The Morgan fingerprint density at radius 2 is 2.09 bits per heavy atom. The van der Waals surface area contributed by atoms with Gasteiger partial charge in [0.25, 0.3) is 0 Å². The highest BCUT2D eigenvalue weighted by Gasteiger charge is 2.40.